The molecule has 2 heterocycles. The minimum absolute atomic E-state index is 0.137. The molecule has 2 aromatic carbocycles. The molecule has 3 aromatic rings. The first-order valence-corrected chi connectivity index (χ1v) is 8.43. The van der Waals surface area contributed by atoms with Crippen LogP contribution in [0.3, 0.4) is 0 Å². The summed E-state index contributed by atoms with van der Waals surface area (Å²) in [6.07, 6.45) is -0.507. The van der Waals surface area contributed by atoms with Gasteiger partial charge in [-0.15, -0.1) is 0 Å². The quantitative estimate of drug-likeness (QED) is 0.511. The van der Waals surface area contributed by atoms with E-state index in [0.717, 1.165) is 11.1 Å². The Bertz CT molecular complexity index is 987. The molecule has 0 bridgehead atoms. The van der Waals surface area contributed by atoms with Crippen LogP contribution in [0.25, 0.3) is 11.1 Å². The summed E-state index contributed by atoms with van der Waals surface area (Å²) in [6, 6.07) is 9.47. The van der Waals surface area contributed by atoms with Gasteiger partial charge in [0.05, 0.1) is 13.5 Å². The Morgan fingerprint density at radius 3 is 2.78 bits per heavy atom. The lowest BCUT2D eigenvalue weighted by atomic mass is 10.1. The van der Waals surface area contributed by atoms with Gasteiger partial charge in [0.2, 0.25) is 5.91 Å². The number of nitrogens with zero attached hydrogens (tertiary/aromatic N) is 1. The van der Waals surface area contributed by atoms with Crippen molar-refractivity contribution in [3.8, 4) is 5.75 Å². The van der Waals surface area contributed by atoms with Crippen LogP contribution in [0.4, 0.5) is 4.39 Å². The van der Waals surface area contributed by atoms with Gasteiger partial charge in [0.1, 0.15) is 11.9 Å². The molecule has 1 aliphatic heterocycles. The number of carbonyl (C=O) groups excluding carboxylic acids is 1. The summed E-state index contributed by atoms with van der Waals surface area (Å²) in [5.74, 6) is 0.571. The van der Waals surface area contributed by atoms with Crippen LogP contribution in [0.2, 0.25) is 0 Å². The molecule has 2 unspecified atom stereocenters. The Morgan fingerprint density at radius 1 is 1.26 bits per heavy atom. The zero-order valence-electron chi connectivity index (χ0n) is 14.8. The number of fused-ring (bicyclic) bond motifs is 1. The van der Waals surface area contributed by atoms with E-state index in [-0.39, 0.29) is 30.5 Å². The van der Waals surface area contributed by atoms with E-state index in [9.17, 15) is 9.18 Å². The first-order chi connectivity index (χ1) is 13.0. The van der Waals surface area contributed by atoms with Gasteiger partial charge in [-0.2, -0.15) is 0 Å². The molecule has 0 aliphatic carbocycles. The predicted octanol–water partition coefficient (Wildman–Crippen LogP) is 2.54. The monoisotopic (exact) mass is 371 g/mol. The molecule has 0 radical (unpaired) electrons. The summed E-state index contributed by atoms with van der Waals surface area (Å²) in [6.45, 7) is 1.77. The lowest BCUT2D eigenvalue weighted by molar-refractivity contribution is -0.121. The van der Waals surface area contributed by atoms with E-state index in [1.807, 2.05) is 12.1 Å². The molecule has 1 fully saturated rings. The van der Waals surface area contributed by atoms with Crippen molar-refractivity contribution in [2.24, 2.45) is 0 Å². The zero-order valence-corrected chi connectivity index (χ0v) is 14.8. The third-order valence-electron chi connectivity index (χ3n) is 4.29. The van der Waals surface area contributed by atoms with Crippen LogP contribution in [0.15, 0.2) is 40.8 Å². The fourth-order valence-electron chi connectivity index (χ4n) is 2.98. The van der Waals surface area contributed by atoms with E-state index < -0.39 is 0 Å². The smallest absolute Gasteiger partial charge is 0.238 e. The van der Waals surface area contributed by atoms with Crippen LogP contribution < -0.4 is 15.6 Å². The number of amides is 1. The van der Waals surface area contributed by atoms with E-state index in [1.54, 1.807) is 26.2 Å². The molecule has 2 N–H and O–H groups in total. The highest BCUT2D eigenvalue weighted by molar-refractivity contribution is 5.82. The van der Waals surface area contributed by atoms with E-state index in [0.29, 0.717) is 22.7 Å². The zero-order chi connectivity index (χ0) is 19.0. The fraction of sp³-hybridized carbons (Fsp3) is 0.263. The minimum atomic E-state index is -0.374. The number of rotatable bonds is 6. The number of hydrazine groups is 1. The van der Waals surface area contributed by atoms with Gasteiger partial charge >= 0.3 is 0 Å². The van der Waals surface area contributed by atoms with Crippen molar-refractivity contribution in [3.05, 3.63) is 59.2 Å². The lowest BCUT2D eigenvalue weighted by Crippen LogP contribution is -2.40. The summed E-state index contributed by atoms with van der Waals surface area (Å²) >= 11 is 0. The van der Waals surface area contributed by atoms with Gasteiger partial charge in [-0.25, -0.2) is 14.8 Å². The molecule has 2 atom stereocenters. The molecule has 0 spiro atoms. The number of aryl methyl sites for hydroxylation is 1. The summed E-state index contributed by atoms with van der Waals surface area (Å²) in [5.41, 5.74) is 8.28. The number of aromatic nitrogens is 1. The topological polar surface area (TPSA) is 88.9 Å². The van der Waals surface area contributed by atoms with Crippen LogP contribution in [-0.4, -0.2) is 24.2 Å². The largest absolute Gasteiger partial charge is 0.494 e. The van der Waals surface area contributed by atoms with Crippen molar-refractivity contribution < 1.29 is 23.1 Å². The molecular weight excluding hydrogens is 353 g/mol. The fourth-order valence-corrected chi connectivity index (χ4v) is 2.98. The van der Waals surface area contributed by atoms with Crippen molar-refractivity contribution >= 4 is 17.0 Å². The average molecular weight is 371 g/mol. The second-order valence-electron chi connectivity index (χ2n) is 6.24. The summed E-state index contributed by atoms with van der Waals surface area (Å²) < 4.78 is 29.5. The maximum Gasteiger partial charge on any atom is 0.238 e. The Kier molecular flexibility index (Phi) is 4.51. The van der Waals surface area contributed by atoms with Gasteiger partial charge in [0.25, 0.3) is 0 Å². The number of hydrogen-bond acceptors (Lipinski definition) is 6. The summed E-state index contributed by atoms with van der Waals surface area (Å²) in [5, 5.41) is 0. The Morgan fingerprint density at radius 2 is 2.04 bits per heavy atom. The number of methoxy groups -OCH3 is 1. The van der Waals surface area contributed by atoms with Crippen LogP contribution in [0, 0.1) is 12.7 Å². The van der Waals surface area contributed by atoms with E-state index in [1.165, 1.54) is 12.1 Å². The number of oxazole rings is 1. The van der Waals surface area contributed by atoms with Crippen LogP contribution in [-0.2, 0) is 16.0 Å². The lowest BCUT2D eigenvalue weighted by Gasteiger charge is -2.07. The molecule has 140 valence electrons. The third kappa shape index (κ3) is 3.62. The van der Waals surface area contributed by atoms with Crippen LogP contribution in [0.1, 0.15) is 23.1 Å². The maximum atomic E-state index is 12.9. The first kappa shape index (κ1) is 17.4. The van der Waals surface area contributed by atoms with Crippen molar-refractivity contribution in [1.29, 1.82) is 0 Å². The maximum absolute atomic E-state index is 12.9. The summed E-state index contributed by atoms with van der Waals surface area (Å²) in [4.78, 5) is 16.3. The van der Waals surface area contributed by atoms with Gasteiger partial charge in [-0.3, -0.25) is 10.2 Å². The van der Waals surface area contributed by atoms with Crippen LogP contribution >= 0.6 is 0 Å². The van der Waals surface area contributed by atoms with Gasteiger partial charge in [-0.1, -0.05) is 12.1 Å². The number of hydrogen-bond donors (Lipinski definition) is 2. The SMILES string of the molecule is COc1c(C2OC2NNC(=O)Cc2ccc(F)cc2)ccc2oc(C)nc12. The second kappa shape index (κ2) is 6.98. The highest BCUT2D eigenvalue weighted by Gasteiger charge is 2.43. The molecule has 1 amide bonds. The molecular formula is C19H18FN3O4. The minimum Gasteiger partial charge on any atom is -0.494 e. The number of carbonyl (C=O) groups is 1. The molecule has 27 heavy (non-hydrogen) atoms. The van der Waals surface area contributed by atoms with Crippen molar-refractivity contribution in [3.63, 3.8) is 0 Å². The van der Waals surface area contributed by atoms with Gasteiger partial charge in [0, 0.05) is 12.5 Å². The normalized spacial score (nSPS) is 18.5. The van der Waals surface area contributed by atoms with Gasteiger partial charge in [0.15, 0.2) is 29.0 Å². The first-order valence-electron chi connectivity index (χ1n) is 8.43. The Labute approximate surface area is 154 Å². The number of nitrogens with one attached hydrogen (secondary N) is 2. The standard InChI is InChI=1S/C19H18FN3O4/c1-10-21-16-14(26-10)8-7-13(17(16)25-2)18-19(27-18)23-22-15(24)9-11-3-5-12(20)6-4-11/h3-8,18-19,23H,9H2,1-2H3,(H,22,24). The van der Waals surface area contributed by atoms with E-state index >= 15 is 0 Å². The average Bonchev–Trinajstić information content (AvgIpc) is 3.32. The summed E-state index contributed by atoms with van der Waals surface area (Å²) in [7, 11) is 1.57. The van der Waals surface area contributed by atoms with Crippen molar-refractivity contribution in [1.82, 2.24) is 15.8 Å². The third-order valence-corrected chi connectivity index (χ3v) is 4.29. The van der Waals surface area contributed by atoms with Crippen molar-refractivity contribution in [2.45, 2.75) is 25.7 Å². The van der Waals surface area contributed by atoms with E-state index in [4.69, 9.17) is 13.9 Å². The van der Waals surface area contributed by atoms with Gasteiger partial charge in [-0.05, 0) is 29.8 Å². The second-order valence-corrected chi connectivity index (χ2v) is 6.24. The molecule has 1 aliphatic rings. The molecule has 1 saturated heterocycles. The van der Waals surface area contributed by atoms with Gasteiger partial charge < -0.3 is 13.9 Å². The number of halogens is 1. The number of ether oxygens (including phenoxy) is 2. The Hall–Kier alpha value is -2.97. The Balaban J connectivity index is 1.37. The van der Waals surface area contributed by atoms with E-state index in [2.05, 4.69) is 15.8 Å². The molecule has 7 nitrogen and oxygen atoms in total. The molecule has 4 rings (SSSR count). The predicted molar refractivity (Wildman–Crippen MR) is 94.3 cm³/mol. The van der Waals surface area contributed by atoms with Crippen molar-refractivity contribution in [2.75, 3.05) is 7.11 Å². The highest BCUT2D eigenvalue weighted by Crippen LogP contribution is 2.43. The highest BCUT2D eigenvalue weighted by atomic mass is 19.1. The molecule has 0 saturated carbocycles. The van der Waals surface area contributed by atoms with Crippen LogP contribution in [0.5, 0.6) is 5.75 Å². The number of benzene rings is 2. The molecule has 1 aromatic heterocycles. The number of epoxide rings is 1. The molecule has 8 heteroatoms.